The molecule has 0 bridgehead atoms. The van der Waals surface area contributed by atoms with Crippen molar-refractivity contribution in [3.05, 3.63) is 11.6 Å². The minimum Gasteiger partial charge on any atom is -0.396 e. The fourth-order valence-electron chi connectivity index (χ4n) is 11.4. The van der Waals surface area contributed by atoms with Crippen LogP contribution >= 0.6 is 0 Å². The van der Waals surface area contributed by atoms with Crippen molar-refractivity contribution >= 4 is 5.78 Å². The molecular weight excluding hydrogens is 680 g/mol. The molecule has 0 spiro atoms. The van der Waals surface area contributed by atoms with Gasteiger partial charge in [0.15, 0.2) is 18.4 Å². The Bertz CT molecular complexity index is 1280. The Morgan fingerprint density at radius 3 is 2.35 bits per heavy atom. The van der Waals surface area contributed by atoms with Crippen LogP contribution in [0.3, 0.4) is 0 Å². The average molecular weight is 743 g/mol. The minimum absolute atomic E-state index is 0.0151. The summed E-state index contributed by atoms with van der Waals surface area (Å²) in [6.45, 7) is 7.33. The molecule has 14 nitrogen and oxygen atoms in total. The third-order valence-corrected chi connectivity index (χ3v) is 14.3. The van der Waals surface area contributed by atoms with Gasteiger partial charge in [-0.2, -0.15) is 0 Å². The number of aliphatic hydroxyl groups excluding tert-OH is 9. The van der Waals surface area contributed by atoms with E-state index in [0.29, 0.717) is 38.5 Å². The number of aliphatic hydroxyl groups is 9. The maximum Gasteiger partial charge on any atom is 0.187 e. The lowest BCUT2D eigenvalue weighted by atomic mass is 9.45. The number of carbonyl (C=O) groups excluding carboxylic acids is 1. The molecule has 3 saturated carbocycles. The first-order chi connectivity index (χ1) is 24.5. The van der Waals surface area contributed by atoms with E-state index in [2.05, 4.69) is 13.8 Å². The number of hydrogen-bond donors (Lipinski definition) is 9. The van der Waals surface area contributed by atoms with Gasteiger partial charge in [-0.1, -0.05) is 33.3 Å². The van der Waals surface area contributed by atoms with E-state index in [0.717, 1.165) is 18.4 Å². The first kappa shape index (κ1) is 40.6. The van der Waals surface area contributed by atoms with Gasteiger partial charge < -0.3 is 64.9 Å². The third kappa shape index (κ3) is 7.19. The van der Waals surface area contributed by atoms with Crippen LogP contribution in [0.2, 0.25) is 0 Å². The van der Waals surface area contributed by atoms with Crippen molar-refractivity contribution in [2.24, 2.45) is 46.3 Å². The molecule has 20 unspecified atom stereocenters. The van der Waals surface area contributed by atoms with Gasteiger partial charge in [-0.25, -0.2) is 0 Å². The Morgan fingerprint density at radius 1 is 0.923 bits per heavy atom. The predicted molar refractivity (Wildman–Crippen MR) is 183 cm³/mol. The van der Waals surface area contributed by atoms with E-state index < -0.39 is 85.6 Å². The molecule has 2 aliphatic heterocycles. The standard InChI is InChI=1S/C38H62O14/c1-17(14-39)5-8-23(42)18(2)28-26(12-22-21-7-6-19-11-20(41)9-10-37(19,3)29(21)24(43)13-38(22,28)4)50-35-33(48)34(25(44)16-49-35)52-36-32(47)31(46)30(45)27(15-40)51-36/h11,17-18,21-36,39-40,42-48H,5-10,12-16H2,1-4H3. The summed E-state index contributed by atoms with van der Waals surface area (Å²) in [5.74, 6) is -0.263. The number of ether oxygens (including phenoxy) is 4. The smallest absolute Gasteiger partial charge is 0.187 e. The van der Waals surface area contributed by atoms with Crippen molar-refractivity contribution in [2.45, 2.75) is 153 Å². The summed E-state index contributed by atoms with van der Waals surface area (Å²) in [4.78, 5) is 12.4. The second kappa shape index (κ2) is 15.8. The highest BCUT2D eigenvalue weighted by Crippen LogP contribution is 2.68. The number of fused-ring (bicyclic) bond motifs is 5. The van der Waals surface area contributed by atoms with Gasteiger partial charge >= 0.3 is 0 Å². The van der Waals surface area contributed by atoms with Gasteiger partial charge in [0, 0.05) is 13.0 Å². The first-order valence-electron chi connectivity index (χ1n) is 19.4. The van der Waals surface area contributed by atoms with Crippen molar-refractivity contribution in [3.63, 3.8) is 0 Å². The third-order valence-electron chi connectivity index (χ3n) is 14.3. The summed E-state index contributed by atoms with van der Waals surface area (Å²) in [6.07, 6.45) is -8.82. The SMILES string of the molecule is CC(CO)CCC(O)C(C)C1C(OC2OCC(O)C(OC3OC(CO)C(O)C(O)C3O)C2O)CC2C3CCC4=CC(=O)CCC4(C)C3C(O)CC21C. The van der Waals surface area contributed by atoms with Gasteiger partial charge in [0.1, 0.15) is 42.7 Å². The number of allylic oxidation sites excluding steroid dienone is 1. The molecule has 298 valence electrons. The second-order valence-electron chi connectivity index (χ2n) is 17.5. The molecule has 0 aromatic heterocycles. The quantitative estimate of drug-likeness (QED) is 0.133. The zero-order chi connectivity index (χ0) is 37.9. The average Bonchev–Trinajstić information content (AvgIpc) is 3.40. The van der Waals surface area contributed by atoms with E-state index in [1.165, 1.54) is 0 Å². The molecule has 2 heterocycles. The molecular formula is C38H62O14. The molecule has 6 aliphatic rings. The summed E-state index contributed by atoms with van der Waals surface area (Å²) in [6, 6.07) is 0. The predicted octanol–water partition coefficient (Wildman–Crippen LogP) is -0.231. The van der Waals surface area contributed by atoms with Crippen molar-refractivity contribution in [1.29, 1.82) is 0 Å². The van der Waals surface area contributed by atoms with Gasteiger partial charge in [0.05, 0.1) is 31.5 Å². The molecule has 52 heavy (non-hydrogen) atoms. The Balaban J connectivity index is 1.26. The summed E-state index contributed by atoms with van der Waals surface area (Å²) >= 11 is 0. The number of rotatable bonds is 11. The van der Waals surface area contributed by atoms with Gasteiger partial charge in [-0.3, -0.25) is 4.79 Å². The van der Waals surface area contributed by atoms with Crippen LogP contribution in [0.5, 0.6) is 0 Å². The first-order valence-corrected chi connectivity index (χ1v) is 19.4. The Kier molecular flexibility index (Phi) is 12.3. The zero-order valence-corrected chi connectivity index (χ0v) is 30.8. The van der Waals surface area contributed by atoms with Crippen molar-refractivity contribution < 1.29 is 69.7 Å². The topological polar surface area (TPSA) is 236 Å². The van der Waals surface area contributed by atoms with Crippen molar-refractivity contribution in [1.82, 2.24) is 0 Å². The summed E-state index contributed by atoms with van der Waals surface area (Å²) in [5.41, 5.74) is 0.354. The van der Waals surface area contributed by atoms with Gasteiger partial charge in [-0.05, 0) is 97.4 Å². The molecule has 5 fully saturated rings. The van der Waals surface area contributed by atoms with Gasteiger partial charge in [0.25, 0.3) is 0 Å². The fraction of sp³-hybridized carbons (Fsp3) is 0.921. The lowest BCUT2D eigenvalue weighted by Gasteiger charge is -2.60. The van der Waals surface area contributed by atoms with Gasteiger partial charge in [0.2, 0.25) is 0 Å². The van der Waals surface area contributed by atoms with E-state index in [9.17, 15) is 50.8 Å². The highest BCUT2D eigenvalue weighted by molar-refractivity contribution is 5.91. The molecule has 20 atom stereocenters. The van der Waals surface area contributed by atoms with Gasteiger partial charge in [-0.15, -0.1) is 0 Å². The molecule has 14 heteroatoms. The molecule has 0 amide bonds. The summed E-state index contributed by atoms with van der Waals surface area (Å²) < 4.78 is 23.9. The Labute approximate surface area is 305 Å². The Morgan fingerprint density at radius 2 is 1.65 bits per heavy atom. The highest BCUT2D eigenvalue weighted by atomic mass is 16.7. The van der Waals surface area contributed by atoms with Crippen LogP contribution in [0.15, 0.2) is 11.6 Å². The van der Waals surface area contributed by atoms with E-state index in [1.54, 1.807) is 6.08 Å². The van der Waals surface area contributed by atoms with Crippen LogP contribution in [-0.2, 0) is 23.7 Å². The maximum atomic E-state index is 12.4. The lowest BCUT2D eigenvalue weighted by molar-refractivity contribution is -0.353. The summed E-state index contributed by atoms with van der Waals surface area (Å²) in [5, 5.41) is 96.4. The molecule has 0 aromatic rings. The number of hydrogen-bond acceptors (Lipinski definition) is 14. The second-order valence-corrected chi connectivity index (χ2v) is 17.5. The molecule has 6 rings (SSSR count). The van der Waals surface area contributed by atoms with E-state index in [-0.39, 0.29) is 59.9 Å². The fourth-order valence-corrected chi connectivity index (χ4v) is 11.4. The van der Waals surface area contributed by atoms with Crippen LogP contribution in [0, 0.1) is 46.3 Å². The number of ketones is 1. The van der Waals surface area contributed by atoms with Crippen LogP contribution in [-0.4, -0.2) is 145 Å². The largest absolute Gasteiger partial charge is 0.396 e. The van der Waals surface area contributed by atoms with E-state index in [4.69, 9.17) is 18.9 Å². The molecule has 0 radical (unpaired) electrons. The monoisotopic (exact) mass is 742 g/mol. The normalized spacial score (nSPS) is 49.7. The maximum absolute atomic E-state index is 12.4. The molecule has 2 saturated heterocycles. The van der Waals surface area contributed by atoms with Crippen LogP contribution in [0.25, 0.3) is 0 Å². The Hall–Kier alpha value is -1.11. The molecule has 0 aromatic carbocycles. The minimum atomic E-state index is -1.74. The van der Waals surface area contributed by atoms with Crippen LogP contribution in [0.4, 0.5) is 0 Å². The zero-order valence-electron chi connectivity index (χ0n) is 30.8. The van der Waals surface area contributed by atoms with Crippen molar-refractivity contribution in [2.75, 3.05) is 19.8 Å². The lowest BCUT2D eigenvalue weighted by Crippen LogP contribution is -2.63. The highest BCUT2D eigenvalue weighted by Gasteiger charge is 2.66. The molecule has 4 aliphatic carbocycles. The van der Waals surface area contributed by atoms with Crippen LogP contribution in [0.1, 0.15) is 79.1 Å². The van der Waals surface area contributed by atoms with E-state index in [1.807, 2.05) is 13.8 Å². The summed E-state index contributed by atoms with van der Waals surface area (Å²) in [7, 11) is 0. The van der Waals surface area contributed by atoms with Crippen molar-refractivity contribution in [3.8, 4) is 0 Å². The molecule has 9 N–H and O–H groups in total. The van der Waals surface area contributed by atoms with Crippen LogP contribution < -0.4 is 0 Å². The number of carbonyl (C=O) groups is 1. The van der Waals surface area contributed by atoms with E-state index >= 15 is 0 Å².